The zero-order valence-corrected chi connectivity index (χ0v) is 9.59. The first-order valence-corrected chi connectivity index (χ1v) is 5.70. The third kappa shape index (κ3) is 1.78. The quantitative estimate of drug-likeness (QED) is 0.868. The van der Waals surface area contributed by atoms with Crippen molar-refractivity contribution in [3.63, 3.8) is 0 Å². The van der Waals surface area contributed by atoms with Crippen LogP contribution in [0.4, 0.5) is 4.79 Å². The molecule has 2 heterocycles. The number of cyclic esters (lactones) is 1. The highest BCUT2D eigenvalue weighted by atomic mass is 16.6. The molecule has 0 radical (unpaired) electrons. The van der Waals surface area contributed by atoms with E-state index in [4.69, 9.17) is 10.00 Å². The van der Waals surface area contributed by atoms with Gasteiger partial charge in [-0.25, -0.2) is 4.79 Å². The number of alkyl carbamates (subject to hydrolysis) is 1. The lowest BCUT2D eigenvalue weighted by molar-refractivity contribution is 0.131. The summed E-state index contributed by atoms with van der Waals surface area (Å²) in [6.45, 7) is 1.12. The number of aromatic nitrogens is 1. The molecule has 0 bridgehead atoms. The van der Waals surface area contributed by atoms with Gasteiger partial charge in [-0.15, -0.1) is 0 Å². The number of ether oxygens (including phenoxy) is 1. The highest BCUT2D eigenvalue weighted by Gasteiger charge is 2.22. The molecule has 0 spiro atoms. The van der Waals surface area contributed by atoms with Crippen LogP contribution in [0.1, 0.15) is 5.56 Å². The maximum atomic E-state index is 11.0. The van der Waals surface area contributed by atoms with Gasteiger partial charge in [-0.1, -0.05) is 6.07 Å². The number of hydrogen-bond donors (Lipinski definition) is 1. The van der Waals surface area contributed by atoms with Gasteiger partial charge in [0.2, 0.25) is 0 Å². The first-order valence-electron chi connectivity index (χ1n) is 5.70. The topological polar surface area (TPSA) is 67.0 Å². The third-order valence-electron chi connectivity index (χ3n) is 3.05. The molecule has 1 saturated heterocycles. The maximum absolute atomic E-state index is 11.0. The van der Waals surface area contributed by atoms with E-state index in [2.05, 4.69) is 11.4 Å². The Morgan fingerprint density at radius 3 is 3.11 bits per heavy atom. The van der Waals surface area contributed by atoms with Gasteiger partial charge in [-0.2, -0.15) is 5.26 Å². The summed E-state index contributed by atoms with van der Waals surface area (Å²) in [6, 6.07) is 9.67. The Morgan fingerprint density at radius 2 is 2.39 bits per heavy atom. The van der Waals surface area contributed by atoms with Gasteiger partial charge < -0.3 is 14.6 Å². The minimum absolute atomic E-state index is 0.154. The summed E-state index contributed by atoms with van der Waals surface area (Å²) >= 11 is 0. The van der Waals surface area contributed by atoms with Gasteiger partial charge in [-0.3, -0.25) is 0 Å². The molecule has 1 fully saturated rings. The molecule has 2 aromatic rings. The van der Waals surface area contributed by atoms with Gasteiger partial charge in [0.1, 0.15) is 6.10 Å². The summed E-state index contributed by atoms with van der Waals surface area (Å²) < 4.78 is 7.11. The molecule has 1 aliphatic heterocycles. The molecule has 0 saturated carbocycles. The predicted molar refractivity (Wildman–Crippen MR) is 64.9 cm³/mol. The second-order valence-corrected chi connectivity index (χ2v) is 4.26. The van der Waals surface area contributed by atoms with Crippen molar-refractivity contribution in [3.05, 3.63) is 36.0 Å². The van der Waals surface area contributed by atoms with Crippen molar-refractivity contribution in [1.29, 1.82) is 5.26 Å². The number of fused-ring (bicyclic) bond motifs is 1. The van der Waals surface area contributed by atoms with E-state index >= 15 is 0 Å². The monoisotopic (exact) mass is 241 g/mol. The fourth-order valence-corrected chi connectivity index (χ4v) is 2.17. The smallest absolute Gasteiger partial charge is 0.407 e. The van der Waals surface area contributed by atoms with Gasteiger partial charge in [0.25, 0.3) is 0 Å². The normalized spacial score (nSPS) is 18.4. The first-order chi connectivity index (χ1) is 8.76. The van der Waals surface area contributed by atoms with E-state index in [1.54, 1.807) is 6.07 Å². The summed E-state index contributed by atoms with van der Waals surface area (Å²) in [5, 5.41) is 12.6. The highest BCUT2D eigenvalue weighted by Crippen LogP contribution is 2.18. The summed E-state index contributed by atoms with van der Waals surface area (Å²) in [5.41, 5.74) is 1.61. The Bertz CT molecular complexity index is 654. The van der Waals surface area contributed by atoms with Gasteiger partial charge in [0, 0.05) is 11.7 Å². The molecule has 3 rings (SSSR count). The Morgan fingerprint density at radius 1 is 1.50 bits per heavy atom. The van der Waals surface area contributed by atoms with Crippen LogP contribution in [0, 0.1) is 11.3 Å². The molecular weight excluding hydrogens is 230 g/mol. The molecule has 1 atom stereocenters. The van der Waals surface area contributed by atoms with E-state index in [1.165, 1.54) is 0 Å². The number of nitrogens with one attached hydrogen (secondary N) is 1. The number of amides is 1. The molecular formula is C13H11N3O2. The third-order valence-corrected chi connectivity index (χ3v) is 3.05. The maximum Gasteiger partial charge on any atom is 0.407 e. The molecule has 1 aromatic carbocycles. The van der Waals surface area contributed by atoms with Crippen LogP contribution in [-0.2, 0) is 11.3 Å². The second kappa shape index (κ2) is 4.08. The van der Waals surface area contributed by atoms with E-state index < -0.39 is 0 Å². The summed E-state index contributed by atoms with van der Waals surface area (Å²) in [4.78, 5) is 11.0. The number of rotatable bonds is 2. The van der Waals surface area contributed by atoms with Gasteiger partial charge >= 0.3 is 6.09 Å². The van der Waals surface area contributed by atoms with Crippen molar-refractivity contribution in [2.24, 2.45) is 0 Å². The average Bonchev–Trinajstić information content (AvgIpc) is 2.96. The first kappa shape index (κ1) is 10.7. The lowest BCUT2D eigenvalue weighted by Crippen LogP contribution is -2.20. The fourth-order valence-electron chi connectivity index (χ4n) is 2.17. The summed E-state index contributed by atoms with van der Waals surface area (Å²) in [7, 11) is 0. The van der Waals surface area contributed by atoms with Crippen molar-refractivity contribution >= 4 is 17.0 Å². The zero-order chi connectivity index (χ0) is 12.5. The average molecular weight is 241 g/mol. The fraction of sp³-hybridized carbons (Fsp3) is 0.231. The SMILES string of the molecule is N#Cc1ccc2ccn(CC3CNC(=O)O3)c2c1. The molecule has 1 N–H and O–H groups in total. The number of hydrogen-bond acceptors (Lipinski definition) is 3. The van der Waals surface area contributed by atoms with E-state index in [9.17, 15) is 4.79 Å². The number of carbonyl (C=O) groups excluding carboxylic acids is 1. The molecule has 1 aromatic heterocycles. The van der Waals surface area contributed by atoms with Crippen molar-refractivity contribution in [2.45, 2.75) is 12.6 Å². The molecule has 90 valence electrons. The van der Waals surface area contributed by atoms with Crippen LogP contribution in [0.5, 0.6) is 0 Å². The van der Waals surface area contributed by atoms with Crippen LogP contribution in [-0.4, -0.2) is 23.3 Å². The number of carbonyl (C=O) groups is 1. The standard InChI is InChI=1S/C13H11N3O2/c14-6-9-1-2-10-3-4-16(12(10)5-9)8-11-7-15-13(17)18-11/h1-5,11H,7-8H2,(H,15,17). The van der Waals surface area contributed by atoms with Crippen LogP contribution in [0.3, 0.4) is 0 Å². The van der Waals surface area contributed by atoms with Crippen molar-refractivity contribution < 1.29 is 9.53 Å². The van der Waals surface area contributed by atoms with E-state index in [1.807, 2.05) is 29.0 Å². The lowest BCUT2D eigenvalue weighted by Gasteiger charge is -2.10. The second-order valence-electron chi connectivity index (χ2n) is 4.26. The van der Waals surface area contributed by atoms with Crippen LogP contribution in [0.2, 0.25) is 0 Å². The van der Waals surface area contributed by atoms with Crippen LogP contribution < -0.4 is 5.32 Å². The minimum Gasteiger partial charge on any atom is -0.442 e. The van der Waals surface area contributed by atoms with E-state index in [0.717, 1.165) is 10.9 Å². The lowest BCUT2D eigenvalue weighted by atomic mass is 10.2. The van der Waals surface area contributed by atoms with Crippen molar-refractivity contribution in [1.82, 2.24) is 9.88 Å². The molecule has 5 nitrogen and oxygen atoms in total. The number of nitriles is 1. The molecule has 1 aliphatic rings. The molecule has 5 heteroatoms. The van der Waals surface area contributed by atoms with E-state index in [0.29, 0.717) is 18.7 Å². The molecule has 1 unspecified atom stereocenters. The summed E-state index contributed by atoms with van der Waals surface area (Å²) in [6.07, 6.45) is 1.42. The molecule has 0 aliphatic carbocycles. The Hall–Kier alpha value is -2.48. The van der Waals surface area contributed by atoms with Crippen LogP contribution >= 0.6 is 0 Å². The Kier molecular flexibility index (Phi) is 2.41. The Balaban J connectivity index is 1.92. The summed E-state index contributed by atoms with van der Waals surface area (Å²) in [5.74, 6) is 0. The van der Waals surface area contributed by atoms with Gasteiger partial charge in [0.15, 0.2) is 0 Å². The molecule has 18 heavy (non-hydrogen) atoms. The molecule has 1 amide bonds. The number of benzene rings is 1. The van der Waals surface area contributed by atoms with Crippen LogP contribution in [0.15, 0.2) is 30.5 Å². The number of nitrogens with zero attached hydrogens (tertiary/aromatic N) is 2. The Labute approximate surface area is 104 Å². The zero-order valence-electron chi connectivity index (χ0n) is 9.59. The van der Waals surface area contributed by atoms with Gasteiger partial charge in [-0.05, 0) is 23.6 Å². The highest BCUT2D eigenvalue weighted by molar-refractivity contribution is 5.81. The minimum atomic E-state index is -0.367. The van der Waals surface area contributed by atoms with Gasteiger partial charge in [0.05, 0.1) is 24.7 Å². The van der Waals surface area contributed by atoms with Crippen molar-refractivity contribution in [2.75, 3.05) is 6.54 Å². The largest absolute Gasteiger partial charge is 0.442 e. The van der Waals surface area contributed by atoms with E-state index in [-0.39, 0.29) is 12.2 Å². The van der Waals surface area contributed by atoms with Crippen LogP contribution in [0.25, 0.3) is 10.9 Å². The van der Waals surface area contributed by atoms with Crippen molar-refractivity contribution in [3.8, 4) is 6.07 Å². The predicted octanol–water partition coefficient (Wildman–Crippen LogP) is 1.62.